The molecule has 7 heteroatoms. The zero-order valence-electron chi connectivity index (χ0n) is 17.4. The van der Waals surface area contributed by atoms with Crippen LogP contribution >= 0.6 is 0 Å². The van der Waals surface area contributed by atoms with Crippen molar-refractivity contribution in [2.24, 2.45) is 17.6 Å². The second-order valence-corrected chi connectivity index (χ2v) is 8.81. The summed E-state index contributed by atoms with van der Waals surface area (Å²) in [5, 5.41) is 11.7. The van der Waals surface area contributed by atoms with Gasteiger partial charge in [-0.3, -0.25) is 9.59 Å². The second-order valence-electron chi connectivity index (χ2n) is 8.81. The lowest BCUT2D eigenvalue weighted by molar-refractivity contribution is -0.138. The van der Waals surface area contributed by atoms with Crippen molar-refractivity contribution in [1.29, 1.82) is 0 Å². The van der Waals surface area contributed by atoms with Gasteiger partial charge in [0.15, 0.2) is 5.78 Å². The second kappa shape index (κ2) is 9.87. The van der Waals surface area contributed by atoms with Crippen LogP contribution < -0.4 is 11.1 Å². The zero-order chi connectivity index (χ0) is 21.6. The summed E-state index contributed by atoms with van der Waals surface area (Å²) in [5.74, 6) is -0.577. The number of rotatable bonds is 7. The summed E-state index contributed by atoms with van der Waals surface area (Å²) < 4.78 is 5.25. The number of benzene rings is 1. The number of nitrogens with two attached hydrogens (primary N) is 1. The Kier molecular flexibility index (Phi) is 7.79. The molecule has 1 fully saturated rings. The first-order valence-electron chi connectivity index (χ1n) is 10.1. The molecule has 0 saturated heterocycles. The molecule has 1 aliphatic carbocycles. The maximum atomic E-state index is 12.8. The van der Waals surface area contributed by atoms with Crippen LogP contribution in [0, 0.1) is 11.8 Å². The number of hydrogen-bond acceptors (Lipinski definition) is 5. The van der Waals surface area contributed by atoms with E-state index in [1.54, 1.807) is 24.3 Å². The van der Waals surface area contributed by atoms with E-state index in [1.807, 2.05) is 20.8 Å². The number of ether oxygens (including phenoxy) is 1. The van der Waals surface area contributed by atoms with E-state index in [-0.39, 0.29) is 18.1 Å². The molecule has 0 aromatic heterocycles. The highest BCUT2D eigenvalue weighted by atomic mass is 16.6. The minimum atomic E-state index is -1.04. The molecule has 160 valence electrons. The summed E-state index contributed by atoms with van der Waals surface area (Å²) in [5.41, 5.74) is 6.48. The Hall–Kier alpha value is -2.41. The van der Waals surface area contributed by atoms with Crippen molar-refractivity contribution in [1.82, 2.24) is 5.32 Å². The minimum Gasteiger partial charge on any atom is -0.480 e. The largest absolute Gasteiger partial charge is 0.480 e. The van der Waals surface area contributed by atoms with Crippen LogP contribution in [0.3, 0.4) is 0 Å². The number of Topliss-reactive ketones (excluding diaryl/α,β-unsaturated/α-hetero) is 1. The monoisotopic (exact) mass is 404 g/mol. The maximum Gasteiger partial charge on any atom is 0.407 e. The molecular formula is C22H32N2O5. The van der Waals surface area contributed by atoms with Gasteiger partial charge >= 0.3 is 12.1 Å². The molecule has 0 heterocycles. The van der Waals surface area contributed by atoms with Crippen molar-refractivity contribution in [3.8, 4) is 0 Å². The molecule has 1 saturated carbocycles. The molecule has 0 radical (unpaired) electrons. The summed E-state index contributed by atoms with van der Waals surface area (Å²) in [6.45, 7) is 6.05. The van der Waals surface area contributed by atoms with Crippen molar-refractivity contribution in [3.05, 3.63) is 35.4 Å². The number of hydrogen-bond donors (Lipinski definition) is 3. The lowest BCUT2D eigenvalue weighted by Gasteiger charge is -2.28. The molecule has 1 aromatic carbocycles. The van der Waals surface area contributed by atoms with Crippen molar-refractivity contribution in [2.45, 2.75) is 64.5 Å². The Morgan fingerprint density at radius 2 is 1.72 bits per heavy atom. The highest BCUT2D eigenvalue weighted by Crippen LogP contribution is 2.31. The smallest absolute Gasteiger partial charge is 0.407 e. The predicted molar refractivity (Wildman–Crippen MR) is 110 cm³/mol. The third-order valence-corrected chi connectivity index (χ3v) is 5.16. The van der Waals surface area contributed by atoms with E-state index in [4.69, 9.17) is 15.6 Å². The third kappa shape index (κ3) is 7.49. The summed E-state index contributed by atoms with van der Waals surface area (Å²) in [6, 6.07) is 6.10. The van der Waals surface area contributed by atoms with Crippen molar-refractivity contribution >= 4 is 17.8 Å². The van der Waals surface area contributed by atoms with Gasteiger partial charge in [-0.05, 0) is 64.4 Å². The first-order chi connectivity index (χ1) is 13.5. The van der Waals surface area contributed by atoms with Crippen molar-refractivity contribution in [3.63, 3.8) is 0 Å². The Bertz CT molecular complexity index is 716. The van der Waals surface area contributed by atoms with Gasteiger partial charge in [0, 0.05) is 18.0 Å². The molecule has 1 unspecified atom stereocenters. The average molecular weight is 405 g/mol. The van der Waals surface area contributed by atoms with Gasteiger partial charge in [-0.1, -0.05) is 24.3 Å². The molecule has 0 bridgehead atoms. The summed E-state index contributed by atoms with van der Waals surface area (Å²) in [6.07, 6.45) is 3.20. The van der Waals surface area contributed by atoms with Crippen LogP contribution in [-0.4, -0.2) is 41.1 Å². The van der Waals surface area contributed by atoms with Crippen LogP contribution in [0.2, 0.25) is 0 Å². The molecule has 1 atom stereocenters. The van der Waals surface area contributed by atoms with Crippen LogP contribution in [0.4, 0.5) is 4.79 Å². The quantitative estimate of drug-likeness (QED) is 0.601. The zero-order valence-corrected chi connectivity index (χ0v) is 17.4. The maximum absolute atomic E-state index is 12.8. The number of carbonyl (C=O) groups excluding carboxylic acids is 2. The number of nitrogens with one attached hydrogen (secondary N) is 1. The van der Waals surface area contributed by atoms with E-state index in [0.717, 1.165) is 31.2 Å². The van der Waals surface area contributed by atoms with E-state index in [9.17, 15) is 14.4 Å². The topological polar surface area (TPSA) is 119 Å². The normalized spacial score (nSPS) is 20.6. The molecular weight excluding hydrogens is 372 g/mol. The van der Waals surface area contributed by atoms with Gasteiger partial charge in [0.05, 0.1) is 0 Å². The lowest BCUT2D eigenvalue weighted by Crippen LogP contribution is -2.36. The van der Waals surface area contributed by atoms with Crippen LogP contribution in [0.25, 0.3) is 0 Å². The molecule has 4 N–H and O–H groups in total. The van der Waals surface area contributed by atoms with Crippen molar-refractivity contribution in [2.75, 3.05) is 6.54 Å². The Balaban J connectivity index is 1.79. The predicted octanol–water partition coefficient (Wildman–Crippen LogP) is 3.15. The van der Waals surface area contributed by atoms with Gasteiger partial charge in [-0.25, -0.2) is 4.79 Å². The summed E-state index contributed by atoms with van der Waals surface area (Å²) in [4.78, 5) is 35.4. The summed E-state index contributed by atoms with van der Waals surface area (Å²) in [7, 11) is 0. The van der Waals surface area contributed by atoms with Gasteiger partial charge in [-0.2, -0.15) is 0 Å². The van der Waals surface area contributed by atoms with Gasteiger partial charge < -0.3 is 20.9 Å². The standard InChI is InChI=1S/C22H32N2O5/c1-22(2,3)29-21(28)24-13-15-6-10-17(11-7-15)19(25)16-8-4-14(5-9-16)12-18(23)20(26)27/h4-5,8-9,15,17-18H,6-7,10-13,23H2,1-3H3,(H,24,28)(H,26,27). The number of amides is 1. The number of ketones is 1. The van der Waals surface area contributed by atoms with E-state index in [0.29, 0.717) is 18.0 Å². The van der Waals surface area contributed by atoms with Crippen LogP contribution in [0.1, 0.15) is 62.4 Å². The average Bonchev–Trinajstić information content (AvgIpc) is 2.65. The van der Waals surface area contributed by atoms with Crippen molar-refractivity contribution < 1.29 is 24.2 Å². The molecule has 1 aliphatic rings. The van der Waals surface area contributed by atoms with Gasteiger partial charge in [-0.15, -0.1) is 0 Å². The number of aliphatic carboxylic acids is 1. The molecule has 2 rings (SSSR count). The SMILES string of the molecule is CC(C)(C)OC(=O)NCC1CCC(C(=O)c2ccc(CC(N)C(=O)O)cc2)CC1. The van der Waals surface area contributed by atoms with Crippen LogP contribution in [0.5, 0.6) is 0 Å². The number of carbonyl (C=O) groups is 3. The number of carboxylic acid groups (broad SMARTS) is 1. The third-order valence-electron chi connectivity index (χ3n) is 5.16. The fourth-order valence-corrected chi connectivity index (χ4v) is 3.55. The fraction of sp³-hybridized carbons (Fsp3) is 0.591. The van der Waals surface area contributed by atoms with Gasteiger partial charge in [0.2, 0.25) is 0 Å². The molecule has 7 nitrogen and oxygen atoms in total. The van der Waals surface area contributed by atoms with E-state index in [1.165, 1.54) is 0 Å². The molecule has 1 amide bonds. The Morgan fingerprint density at radius 1 is 1.14 bits per heavy atom. The molecule has 0 aliphatic heterocycles. The number of carboxylic acids is 1. The van der Waals surface area contributed by atoms with E-state index < -0.39 is 23.7 Å². The molecule has 0 spiro atoms. The first-order valence-corrected chi connectivity index (χ1v) is 10.1. The lowest BCUT2D eigenvalue weighted by atomic mass is 9.78. The Labute approximate surface area is 172 Å². The summed E-state index contributed by atoms with van der Waals surface area (Å²) >= 11 is 0. The number of alkyl carbamates (subject to hydrolysis) is 1. The van der Waals surface area contributed by atoms with Crippen LogP contribution in [-0.2, 0) is 16.0 Å². The van der Waals surface area contributed by atoms with Gasteiger partial charge in [0.1, 0.15) is 11.6 Å². The van der Waals surface area contributed by atoms with E-state index in [2.05, 4.69) is 5.32 Å². The molecule has 29 heavy (non-hydrogen) atoms. The molecule has 1 aromatic rings. The Morgan fingerprint density at radius 3 is 2.24 bits per heavy atom. The highest BCUT2D eigenvalue weighted by Gasteiger charge is 2.27. The highest BCUT2D eigenvalue weighted by molar-refractivity contribution is 5.97. The fourth-order valence-electron chi connectivity index (χ4n) is 3.55. The van der Waals surface area contributed by atoms with E-state index >= 15 is 0 Å². The first kappa shape index (κ1) is 22.9. The van der Waals surface area contributed by atoms with Gasteiger partial charge in [0.25, 0.3) is 0 Å². The minimum absolute atomic E-state index is 0.0140. The van der Waals surface area contributed by atoms with Crippen LogP contribution in [0.15, 0.2) is 24.3 Å².